The van der Waals surface area contributed by atoms with Crippen LogP contribution in [-0.4, -0.2) is 25.7 Å². The molecule has 2 aromatic heterocycles. The lowest BCUT2D eigenvalue weighted by atomic mass is 9.97. The van der Waals surface area contributed by atoms with Gasteiger partial charge in [-0.05, 0) is 25.5 Å². The number of carbonyl (C=O) groups is 1. The number of nitrogens with two attached hydrogens (primary N) is 1. The molecule has 3 heterocycles. The van der Waals surface area contributed by atoms with Crippen molar-refractivity contribution in [3.8, 4) is 11.4 Å². The van der Waals surface area contributed by atoms with Gasteiger partial charge in [0.15, 0.2) is 5.82 Å². The molecule has 4 rings (SSSR count). The molecule has 0 radical (unpaired) electrons. The average molecular weight is 346 g/mol. The van der Waals surface area contributed by atoms with Crippen LogP contribution in [0.3, 0.4) is 0 Å². The number of hydrogen-bond donors (Lipinski definition) is 2. The number of amides is 1. The van der Waals surface area contributed by atoms with Crippen LogP contribution in [0.4, 0.5) is 5.95 Å². The summed E-state index contributed by atoms with van der Waals surface area (Å²) >= 11 is 0. The lowest BCUT2D eigenvalue weighted by Gasteiger charge is -2.27. The Kier molecular flexibility index (Phi) is 3.76. The molecular formula is C19H18N6O. The molecule has 3 aromatic rings. The summed E-state index contributed by atoms with van der Waals surface area (Å²) in [6.45, 7) is 3.84. The van der Waals surface area contributed by atoms with Crippen LogP contribution in [0.15, 0.2) is 60.1 Å². The van der Waals surface area contributed by atoms with Crippen LogP contribution in [0, 0.1) is 6.92 Å². The first-order valence-corrected chi connectivity index (χ1v) is 8.25. The molecule has 0 bridgehead atoms. The van der Waals surface area contributed by atoms with E-state index in [9.17, 15) is 4.79 Å². The topological polar surface area (TPSA) is 98.7 Å². The number of hydrogen-bond acceptors (Lipinski definition) is 5. The highest BCUT2D eigenvalue weighted by Gasteiger charge is 2.33. The molecule has 1 amide bonds. The standard InChI is InChI=1S/C19H18N6O/c1-11-5-7-13(8-6-11)18-23-19-22-12(2)15(17(20)26)16(25(19)24-18)14-4-3-9-21-10-14/h3-10,16H,1-2H3,(H2,20,26)(H,22,23,24). The molecule has 26 heavy (non-hydrogen) atoms. The number of nitrogens with zero attached hydrogens (tertiary/aromatic N) is 4. The Morgan fingerprint density at radius 1 is 1.19 bits per heavy atom. The molecule has 1 unspecified atom stereocenters. The zero-order chi connectivity index (χ0) is 18.3. The third-order valence-corrected chi connectivity index (χ3v) is 4.43. The Balaban J connectivity index is 1.87. The normalized spacial score (nSPS) is 16.2. The van der Waals surface area contributed by atoms with Crippen LogP contribution in [0.5, 0.6) is 0 Å². The van der Waals surface area contributed by atoms with Gasteiger partial charge in [-0.3, -0.25) is 9.78 Å². The van der Waals surface area contributed by atoms with E-state index in [0.717, 1.165) is 16.7 Å². The van der Waals surface area contributed by atoms with Gasteiger partial charge >= 0.3 is 0 Å². The fraction of sp³-hybridized carbons (Fsp3) is 0.158. The second-order valence-electron chi connectivity index (χ2n) is 6.29. The molecule has 3 N–H and O–H groups in total. The lowest BCUT2D eigenvalue weighted by Crippen LogP contribution is -2.31. The molecule has 1 aliphatic heterocycles. The predicted molar refractivity (Wildman–Crippen MR) is 98.1 cm³/mol. The second kappa shape index (κ2) is 6.11. The fourth-order valence-electron chi connectivity index (χ4n) is 3.14. The number of primary amides is 1. The number of carbonyl (C=O) groups excluding carboxylic acids is 1. The van der Waals surface area contributed by atoms with E-state index in [2.05, 4.69) is 20.4 Å². The first-order valence-electron chi connectivity index (χ1n) is 8.25. The van der Waals surface area contributed by atoms with Gasteiger partial charge in [-0.1, -0.05) is 35.9 Å². The van der Waals surface area contributed by atoms with E-state index < -0.39 is 11.9 Å². The maximum absolute atomic E-state index is 12.1. The quantitative estimate of drug-likeness (QED) is 0.759. The fourth-order valence-corrected chi connectivity index (χ4v) is 3.14. The van der Waals surface area contributed by atoms with Crippen molar-refractivity contribution in [2.24, 2.45) is 5.73 Å². The van der Waals surface area contributed by atoms with E-state index in [1.807, 2.05) is 50.2 Å². The van der Waals surface area contributed by atoms with Crippen molar-refractivity contribution in [3.05, 3.63) is 71.2 Å². The summed E-state index contributed by atoms with van der Waals surface area (Å²) in [5.41, 5.74) is 9.67. The first kappa shape index (κ1) is 16.0. The summed E-state index contributed by atoms with van der Waals surface area (Å²) in [7, 11) is 0. The molecule has 7 nitrogen and oxygen atoms in total. The summed E-state index contributed by atoms with van der Waals surface area (Å²) in [5.74, 6) is 0.652. The number of nitrogens with one attached hydrogen (secondary N) is 1. The van der Waals surface area contributed by atoms with Crippen molar-refractivity contribution in [2.75, 3.05) is 5.32 Å². The van der Waals surface area contributed by atoms with Crippen LogP contribution in [0.1, 0.15) is 24.1 Å². The highest BCUT2D eigenvalue weighted by atomic mass is 16.1. The van der Waals surface area contributed by atoms with Crippen molar-refractivity contribution in [3.63, 3.8) is 0 Å². The van der Waals surface area contributed by atoms with Gasteiger partial charge in [0.05, 0.1) is 5.57 Å². The molecule has 0 saturated carbocycles. The molecule has 1 aromatic carbocycles. The number of fused-ring (bicyclic) bond motifs is 1. The van der Waals surface area contributed by atoms with Gasteiger partial charge in [0, 0.05) is 23.7 Å². The molecule has 7 heteroatoms. The van der Waals surface area contributed by atoms with Crippen molar-refractivity contribution < 1.29 is 4.79 Å². The Bertz CT molecular complexity index is 1000. The van der Waals surface area contributed by atoms with E-state index in [0.29, 0.717) is 23.0 Å². The van der Waals surface area contributed by atoms with E-state index in [4.69, 9.17) is 5.73 Å². The number of aryl methyl sites for hydroxylation is 1. The van der Waals surface area contributed by atoms with Gasteiger partial charge in [0.1, 0.15) is 6.04 Å². The van der Waals surface area contributed by atoms with Crippen molar-refractivity contribution in [2.45, 2.75) is 19.9 Å². The number of aromatic nitrogens is 4. The average Bonchev–Trinajstić information content (AvgIpc) is 3.05. The Morgan fingerprint density at radius 2 is 1.96 bits per heavy atom. The van der Waals surface area contributed by atoms with Gasteiger partial charge in [-0.2, -0.15) is 4.98 Å². The van der Waals surface area contributed by atoms with Gasteiger partial charge in [0.2, 0.25) is 11.9 Å². The molecular weight excluding hydrogens is 328 g/mol. The smallest absolute Gasteiger partial charge is 0.248 e. The SMILES string of the molecule is CC1=C(C(N)=O)C(c2cccnc2)n2nc(-c3ccc(C)cc3)nc2N1. The molecule has 0 aliphatic carbocycles. The Morgan fingerprint density at radius 3 is 2.62 bits per heavy atom. The Hall–Kier alpha value is -3.48. The van der Waals surface area contributed by atoms with Crippen LogP contribution >= 0.6 is 0 Å². The number of pyridine rings is 1. The van der Waals surface area contributed by atoms with Crippen molar-refractivity contribution >= 4 is 11.9 Å². The van der Waals surface area contributed by atoms with Gasteiger partial charge in [-0.15, -0.1) is 5.10 Å². The number of rotatable bonds is 3. The molecule has 0 saturated heterocycles. The van der Waals surface area contributed by atoms with Gasteiger partial charge in [0.25, 0.3) is 0 Å². The highest BCUT2D eigenvalue weighted by molar-refractivity contribution is 5.95. The summed E-state index contributed by atoms with van der Waals surface area (Å²) in [5, 5.41) is 7.79. The molecule has 0 fully saturated rings. The predicted octanol–water partition coefficient (Wildman–Crippen LogP) is 2.42. The van der Waals surface area contributed by atoms with Crippen LogP contribution < -0.4 is 11.1 Å². The highest BCUT2D eigenvalue weighted by Crippen LogP contribution is 2.35. The molecule has 1 aliphatic rings. The monoisotopic (exact) mass is 346 g/mol. The van der Waals surface area contributed by atoms with Crippen LogP contribution in [-0.2, 0) is 4.79 Å². The maximum Gasteiger partial charge on any atom is 0.248 e. The van der Waals surface area contributed by atoms with E-state index in [-0.39, 0.29) is 0 Å². The van der Waals surface area contributed by atoms with Gasteiger partial charge in [-0.25, -0.2) is 4.68 Å². The molecule has 1 atom stereocenters. The van der Waals surface area contributed by atoms with Crippen molar-refractivity contribution in [1.82, 2.24) is 19.7 Å². The minimum atomic E-state index is -0.498. The van der Waals surface area contributed by atoms with Crippen LogP contribution in [0.2, 0.25) is 0 Å². The minimum absolute atomic E-state index is 0.450. The van der Waals surface area contributed by atoms with E-state index in [1.54, 1.807) is 17.1 Å². The number of benzene rings is 1. The number of anilines is 1. The zero-order valence-electron chi connectivity index (χ0n) is 14.5. The summed E-state index contributed by atoms with van der Waals surface area (Å²) < 4.78 is 1.69. The van der Waals surface area contributed by atoms with E-state index in [1.165, 1.54) is 0 Å². The first-order chi connectivity index (χ1) is 12.5. The third-order valence-electron chi connectivity index (χ3n) is 4.43. The summed E-state index contributed by atoms with van der Waals surface area (Å²) in [6.07, 6.45) is 3.40. The largest absolute Gasteiger partial charge is 0.366 e. The minimum Gasteiger partial charge on any atom is -0.366 e. The summed E-state index contributed by atoms with van der Waals surface area (Å²) in [4.78, 5) is 20.9. The van der Waals surface area contributed by atoms with E-state index >= 15 is 0 Å². The van der Waals surface area contributed by atoms with Crippen molar-refractivity contribution in [1.29, 1.82) is 0 Å². The van der Waals surface area contributed by atoms with Crippen LogP contribution in [0.25, 0.3) is 11.4 Å². The van der Waals surface area contributed by atoms with Gasteiger partial charge < -0.3 is 11.1 Å². The second-order valence-corrected chi connectivity index (χ2v) is 6.29. The maximum atomic E-state index is 12.1. The third kappa shape index (κ3) is 2.63. The lowest BCUT2D eigenvalue weighted by molar-refractivity contribution is -0.115. The molecule has 0 spiro atoms. The zero-order valence-corrected chi connectivity index (χ0v) is 14.5. The molecule has 130 valence electrons. The summed E-state index contributed by atoms with van der Waals surface area (Å²) in [6, 6.07) is 11.2. The Labute approximate surface area is 150 Å². The number of allylic oxidation sites excluding steroid dienone is 1.